The van der Waals surface area contributed by atoms with Crippen LogP contribution in [0, 0.1) is 10.1 Å². The monoisotopic (exact) mass is 320 g/mol. The van der Waals surface area contributed by atoms with E-state index in [4.69, 9.17) is 5.73 Å². The van der Waals surface area contributed by atoms with Crippen molar-refractivity contribution in [2.45, 2.75) is 4.90 Å². The van der Waals surface area contributed by atoms with Crippen molar-refractivity contribution in [3.8, 4) is 0 Å². The Labute approximate surface area is 126 Å². The van der Waals surface area contributed by atoms with Crippen LogP contribution in [0.15, 0.2) is 47.4 Å². The van der Waals surface area contributed by atoms with Gasteiger partial charge in [0.05, 0.1) is 4.92 Å². The fraction of sp³-hybridized carbons (Fsp3) is 0. The summed E-state index contributed by atoms with van der Waals surface area (Å²) in [5.74, 6) is 0. The number of hydrogen-bond donors (Lipinski definition) is 2. The first-order valence-electron chi connectivity index (χ1n) is 6.07. The van der Waals surface area contributed by atoms with Crippen LogP contribution in [0.1, 0.15) is 11.1 Å². The highest BCUT2D eigenvalue weighted by atomic mass is 32.2. The fourth-order valence-electron chi connectivity index (χ4n) is 1.79. The number of nitrogens with two attached hydrogens (primary N) is 1. The number of anilines is 1. The van der Waals surface area contributed by atoms with E-state index in [-0.39, 0.29) is 5.56 Å². The lowest BCUT2D eigenvalue weighted by Gasteiger charge is -2.03. The van der Waals surface area contributed by atoms with E-state index in [0.29, 0.717) is 5.69 Å². The highest BCUT2D eigenvalue weighted by Crippen LogP contribution is 2.24. The summed E-state index contributed by atoms with van der Waals surface area (Å²) >= 11 is 0. The quantitative estimate of drug-likeness (QED) is 0.293. The molecule has 0 aliphatic rings. The van der Waals surface area contributed by atoms with Crippen LogP contribution in [-0.4, -0.2) is 17.9 Å². The smallest absolute Gasteiger partial charge is 0.295 e. The number of hydrogen-bond acceptors (Lipinski definition) is 5. The molecular weight excluding hydrogens is 308 g/mol. The number of non-ortho nitro benzene ring substituents is 1. The molecule has 8 heteroatoms. The minimum absolute atomic E-state index is 0.143. The maximum Gasteiger partial charge on any atom is 0.295 e. The molecule has 7 nitrogen and oxygen atoms in total. The van der Waals surface area contributed by atoms with Gasteiger partial charge < -0.3 is 5.73 Å². The van der Waals surface area contributed by atoms with E-state index in [2.05, 4.69) is 0 Å². The molecule has 0 saturated heterocycles. The van der Waals surface area contributed by atoms with Crippen LogP contribution in [0.25, 0.3) is 12.2 Å². The molecule has 22 heavy (non-hydrogen) atoms. The van der Waals surface area contributed by atoms with Crippen LogP contribution in [0.4, 0.5) is 11.4 Å². The first kappa shape index (κ1) is 15.7. The van der Waals surface area contributed by atoms with Gasteiger partial charge in [-0.25, -0.2) is 0 Å². The van der Waals surface area contributed by atoms with E-state index in [9.17, 15) is 23.1 Å². The maximum absolute atomic E-state index is 11.4. The van der Waals surface area contributed by atoms with Gasteiger partial charge in [0.25, 0.3) is 15.8 Å². The molecule has 0 heterocycles. The zero-order valence-electron chi connectivity index (χ0n) is 11.2. The van der Waals surface area contributed by atoms with E-state index in [1.807, 2.05) is 0 Å². The standard InChI is InChI=1S/C14H12N2O5S/c15-12-6-2-10(3-7-12)1-4-11-5-8-13(16(17)18)9-14(11)22(19,20)21/h1-9H,15H2,(H,19,20,21). The molecule has 2 aromatic rings. The van der Waals surface area contributed by atoms with E-state index in [1.54, 1.807) is 30.3 Å². The molecule has 2 aromatic carbocycles. The van der Waals surface area contributed by atoms with Crippen LogP contribution >= 0.6 is 0 Å². The van der Waals surface area contributed by atoms with Gasteiger partial charge in [0.2, 0.25) is 0 Å². The molecule has 0 aliphatic heterocycles. The summed E-state index contributed by atoms with van der Waals surface area (Å²) in [5, 5.41) is 10.7. The molecule has 0 atom stereocenters. The van der Waals surface area contributed by atoms with Crippen molar-refractivity contribution in [2.24, 2.45) is 0 Å². The van der Waals surface area contributed by atoms with Gasteiger partial charge >= 0.3 is 0 Å². The first-order valence-corrected chi connectivity index (χ1v) is 7.51. The van der Waals surface area contributed by atoms with Crippen LogP contribution in [0.2, 0.25) is 0 Å². The van der Waals surface area contributed by atoms with Crippen LogP contribution in [0.5, 0.6) is 0 Å². The Kier molecular flexibility index (Phi) is 4.25. The third-order valence-electron chi connectivity index (χ3n) is 2.88. The Morgan fingerprint density at radius 2 is 1.73 bits per heavy atom. The normalized spacial score (nSPS) is 11.7. The Morgan fingerprint density at radius 3 is 2.27 bits per heavy atom. The molecule has 0 aliphatic carbocycles. The second kappa shape index (κ2) is 5.96. The lowest BCUT2D eigenvalue weighted by Crippen LogP contribution is -2.02. The Hall–Kier alpha value is -2.71. The molecule has 0 aromatic heterocycles. The zero-order chi connectivity index (χ0) is 16.3. The van der Waals surface area contributed by atoms with Crippen molar-refractivity contribution in [1.82, 2.24) is 0 Å². The van der Waals surface area contributed by atoms with Crippen molar-refractivity contribution >= 4 is 33.6 Å². The minimum atomic E-state index is -4.58. The number of rotatable bonds is 4. The van der Waals surface area contributed by atoms with E-state index in [1.165, 1.54) is 12.1 Å². The molecule has 0 radical (unpaired) electrons. The van der Waals surface area contributed by atoms with Crippen molar-refractivity contribution in [1.29, 1.82) is 0 Å². The van der Waals surface area contributed by atoms with Gasteiger partial charge in [0.1, 0.15) is 4.90 Å². The lowest BCUT2D eigenvalue weighted by atomic mass is 10.1. The van der Waals surface area contributed by atoms with E-state index >= 15 is 0 Å². The summed E-state index contributed by atoms with van der Waals surface area (Å²) < 4.78 is 31.9. The highest BCUT2D eigenvalue weighted by molar-refractivity contribution is 7.86. The predicted molar refractivity (Wildman–Crippen MR) is 82.7 cm³/mol. The average Bonchev–Trinajstić information content (AvgIpc) is 2.45. The molecule has 0 saturated carbocycles. The summed E-state index contributed by atoms with van der Waals surface area (Å²) in [5.41, 5.74) is 6.63. The van der Waals surface area contributed by atoms with Crippen molar-refractivity contribution in [3.63, 3.8) is 0 Å². The molecule has 0 spiro atoms. The summed E-state index contributed by atoms with van der Waals surface area (Å²) in [4.78, 5) is 9.45. The average molecular weight is 320 g/mol. The van der Waals surface area contributed by atoms with Gasteiger partial charge in [-0.2, -0.15) is 8.42 Å². The fourth-order valence-corrected chi connectivity index (χ4v) is 2.49. The number of nitrogens with zero attached hydrogens (tertiary/aromatic N) is 1. The highest BCUT2D eigenvalue weighted by Gasteiger charge is 2.18. The minimum Gasteiger partial charge on any atom is -0.399 e. The van der Waals surface area contributed by atoms with E-state index < -0.39 is 25.6 Å². The van der Waals surface area contributed by atoms with Gasteiger partial charge in [0.15, 0.2) is 0 Å². The summed E-state index contributed by atoms with van der Waals surface area (Å²) in [6.07, 6.45) is 3.05. The van der Waals surface area contributed by atoms with Gasteiger partial charge in [-0.3, -0.25) is 14.7 Å². The SMILES string of the molecule is Nc1ccc(C=Cc2ccc([N+](=O)[O-])cc2S(=O)(=O)O)cc1. The third-order valence-corrected chi connectivity index (χ3v) is 3.79. The topological polar surface area (TPSA) is 124 Å². The number of nitrogen functional groups attached to an aromatic ring is 1. The third kappa shape index (κ3) is 3.68. The molecule has 114 valence electrons. The van der Waals surface area contributed by atoms with Crippen LogP contribution in [0.3, 0.4) is 0 Å². The molecule has 0 bridgehead atoms. The lowest BCUT2D eigenvalue weighted by molar-refractivity contribution is -0.385. The molecule has 0 unspecified atom stereocenters. The number of nitro groups is 1. The van der Waals surface area contributed by atoms with Crippen LogP contribution in [-0.2, 0) is 10.1 Å². The maximum atomic E-state index is 11.4. The second-order valence-corrected chi connectivity index (χ2v) is 5.84. The van der Waals surface area contributed by atoms with Gasteiger partial charge in [-0.05, 0) is 29.3 Å². The summed E-state index contributed by atoms with van der Waals surface area (Å²) in [7, 11) is -4.58. The molecule has 0 fully saturated rings. The molecule has 0 amide bonds. The first-order chi connectivity index (χ1) is 10.3. The Balaban J connectivity index is 2.46. The Bertz CT molecular complexity index is 842. The number of nitro benzene ring substituents is 1. The Morgan fingerprint density at radius 1 is 1.09 bits per heavy atom. The van der Waals surface area contributed by atoms with Crippen molar-refractivity contribution in [2.75, 3.05) is 5.73 Å². The molecular formula is C14H12N2O5S. The largest absolute Gasteiger partial charge is 0.399 e. The van der Waals surface area contributed by atoms with Gasteiger partial charge in [-0.1, -0.05) is 24.3 Å². The van der Waals surface area contributed by atoms with Crippen molar-refractivity contribution in [3.05, 3.63) is 63.7 Å². The van der Waals surface area contributed by atoms with Gasteiger partial charge in [-0.15, -0.1) is 0 Å². The predicted octanol–water partition coefficient (Wildman–Crippen LogP) is 2.59. The van der Waals surface area contributed by atoms with Gasteiger partial charge in [0, 0.05) is 17.8 Å². The summed E-state index contributed by atoms with van der Waals surface area (Å²) in [6.45, 7) is 0. The van der Waals surface area contributed by atoms with E-state index in [0.717, 1.165) is 17.7 Å². The summed E-state index contributed by atoms with van der Waals surface area (Å²) in [6, 6.07) is 10.1. The second-order valence-electron chi connectivity index (χ2n) is 4.45. The zero-order valence-corrected chi connectivity index (χ0v) is 12.0. The van der Waals surface area contributed by atoms with Crippen molar-refractivity contribution < 1.29 is 17.9 Å². The molecule has 2 rings (SSSR count). The molecule has 3 N–H and O–H groups in total. The number of benzene rings is 2. The van der Waals surface area contributed by atoms with Crippen LogP contribution < -0.4 is 5.73 Å².